The Labute approximate surface area is 104 Å². The van der Waals surface area contributed by atoms with E-state index >= 15 is 0 Å². The van der Waals surface area contributed by atoms with Gasteiger partial charge in [0.1, 0.15) is 0 Å². The lowest BCUT2D eigenvalue weighted by atomic mass is 10.2. The normalized spacial score (nSPS) is 20.6. The van der Waals surface area contributed by atoms with Crippen LogP contribution in [-0.4, -0.2) is 54.1 Å². The minimum atomic E-state index is 0.123. The summed E-state index contributed by atoms with van der Waals surface area (Å²) in [5.41, 5.74) is 7.18. The van der Waals surface area contributed by atoms with E-state index in [0.717, 1.165) is 13.1 Å². The van der Waals surface area contributed by atoms with Crippen LogP contribution in [0.4, 0.5) is 0 Å². The van der Waals surface area contributed by atoms with Crippen LogP contribution in [0.25, 0.3) is 0 Å². The minimum absolute atomic E-state index is 0.123. The molecule has 2 heterocycles. The molecule has 1 unspecified atom stereocenters. The van der Waals surface area contributed by atoms with Crippen molar-refractivity contribution in [2.24, 2.45) is 5.73 Å². The van der Waals surface area contributed by atoms with Crippen molar-refractivity contribution in [3.05, 3.63) is 24.0 Å². The first-order chi connectivity index (χ1) is 8.16. The topological polar surface area (TPSA) is 37.4 Å². The molecular formula is C13H24N4. The van der Waals surface area contributed by atoms with Crippen molar-refractivity contribution in [2.45, 2.75) is 19.5 Å². The van der Waals surface area contributed by atoms with Gasteiger partial charge in [0.25, 0.3) is 0 Å². The molecule has 1 fully saturated rings. The third kappa shape index (κ3) is 3.31. The molecule has 96 valence electrons. The summed E-state index contributed by atoms with van der Waals surface area (Å²) in [5.74, 6) is 0. The van der Waals surface area contributed by atoms with Crippen molar-refractivity contribution >= 4 is 0 Å². The van der Waals surface area contributed by atoms with Gasteiger partial charge in [-0.3, -0.25) is 4.90 Å². The van der Waals surface area contributed by atoms with Crippen LogP contribution in [0.1, 0.15) is 18.7 Å². The summed E-state index contributed by atoms with van der Waals surface area (Å²) < 4.78 is 2.28. The standard InChI is InChI=1S/C13H24N4/c1-12(14)13-4-3-5-17(13)11-10-16-8-6-15(2)7-9-16/h3-5,12H,6-11,14H2,1-2H3. The van der Waals surface area contributed by atoms with E-state index in [1.807, 2.05) is 6.92 Å². The molecule has 2 N–H and O–H groups in total. The predicted octanol–water partition coefficient (Wildman–Crippen LogP) is 0.755. The van der Waals surface area contributed by atoms with Crippen molar-refractivity contribution in [2.75, 3.05) is 39.8 Å². The maximum Gasteiger partial charge on any atom is 0.0421 e. The van der Waals surface area contributed by atoms with Gasteiger partial charge in [-0.1, -0.05) is 0 Å². The Morgan fingerprint density at radius 1 is 1.24 bits per heavy atom. The molecule has 4 heteroatoms. The van der Waals surface area contributed by atoms with E-state index in [2.05, 4.69) is 39.7 Å². The zero-order valence-electron chi connectivity index (χ0n) is 11.0. The van der Waals surface area contributed by atoms with Crippen LogP contribution in [0.5, 0.6) is 0 Å². The SMILES string of the molecule is CC(N)c1cccn1CCN1CCN(C)CC1. The Bertz CT molecular complexity index is 337. The van der Waals surface area contributed by atoms with Crippen molar-refractivity contribution < 1.29 is 0 Å². The Balaban J connectivity index is 1.83. The van der Waals surface area contributed by atoms with E-state index in [9.17, 15) is 0 Å². The minimum Gasteiger partial charge on any atom is -0.349 e. The molecule has 1 aromatic heterocycles. The summed E-state index contributed by atoms with van der Waals surface area (Å²) in [5, 5.41) is 0. The molecule has 2 rings (SSSR count). The molecule has 0 bridgehead atoms. The van der Waals surface area contributed by atoms with Gasteiger partial charge in [0.05, 0.1) is 0 Å². The summed E-state index contributed by atoms with van der Waals surface area (Å²) in [6.07, 6.45) is 2.13. The highest BCUT2D eigenvalue weighted by molar-refractivity contribution is 5.10. The second kappa shape index (κ2) is 5.67. The molecule has 1 atom stereocenters. The van der Waals surface area contributed by atoms with Gasteiger partial charge < -0.3 is 15.2 Å². The molecule has 17 heavy (non-hydrogen) atoms. The summed E-state index contributed by atoms with van der Waals surface area (Å²) in [7, 11) is 2.19. The maximum atomic E-state index is 5.94. The van der Waals surface area contributed by atoms with Crippen LogP contribution < -0.4 is 5.73 Å². The lowest BCUT2D eigenvalue weighted by Gasteiger charge is -2.32. The molecule has 0 amide bonds. The molecule has 0 aliphatic carbocycles. The highest BCUT2D eigenvalue weighted by Gasteiger charge is 2.13. The highest BCUT2D eigenvalue weighted by atomic mass is 15.3. The number of aromatic nitrogens is 1. The van der Waals surface area contributed by atoms with Gasteiger partial charge in [0.15, 0.2) is 0 Å². The van der Waals surface area contributed by atoms with Crippen molar-refractivity contribution in [1.29, 1.82) is 0 Å². The van der Waals surface area contributed by atoms with Gasteiger partial charge in [-0.15, -0.1) is 0 Å². The summed E-state index contributed by atoms with van der Waals surface area (Å²) in [6, 6.07) is 4.33. The molecule has 1 saturated heterocycles. The molecule has 0 radical (unpaired) electrons. The van der Waals surface area contributed by atoms with E-state index in [1.54, 1.807) is 0 Å². The van der Waals surface area contributed by atoms with Gasteiger partial charge in [0.2, 0.25) is 0 Å². The number of likely N-dealkylation sites (N-methyl/N-ethyl adjacent to an activating group) is 1. The van der Waals surface area contributed by atoms with Crippen LogP contribution >= 0.6 is 0 Å². The third-order valence-corrected chi connectivity index (χ3v) is 3.58. The van der Waals surface area contributed by atoms with Crippen LogP contribution in [-0.2, 0) is 6.54 Å². The zero-order chi connectivity index (χ0) is 12.3. The van der Waals surface area contributed by atoms with Gasteiger partial charge in [-0.25, -0.2) is 0 Å². The van der Waals surface area contributed by atoms with E-state index in [-0.39, 0.29) is 6.04 Å². The third-order valence-electron chi connectivity index (χ3n) is 3.58. The van der Waals surface area contributed by atoms with Crippen LogP contribution in [0.3, 0.4) is 0 Å². The van der Waals surface area contributed by atoms with E-state index < -0.39 is 0 Å². The van der Waals surface area contributed by atoms with E-state index in [1.165, 1.54) is 31.9 Å². The quantitative estimate of drug-likeness (QED) is 0.838. The predicted molar refractivity (Wildman–Crippen MR) is 71.0 cm³/mol. The smallest absolute Gasteiger partial charge is 0.0421 e. The summed E-state index contributed by atoms with van der Waals surface area (Å²) in [4.78, 5) is 4.92. The first-order valence-corrected chi connectivity index (χ1v) is 6.48. The number of nitrogens with two attached hydrogens (primary N) is 1. The monoisotopic (exact) mass is 236 g/mol. The molecule has 0 spiro atoms. The molecule has 1 aliphatic rings. The van der Waals surface area contributed by atoms with Gasteiger partial charge in [-0.05, 0) is 26.1 Å². The molecule has 1 aromatic rings. The molecule has 1 aliphatic heterocycles. The first-order valence-electron chi connectivity index (χ1n) is 6.48. The fourth-order valence-electron chi connectivity index (χ4n) is 2.36. The largest absolute Gasteiger partial charge is 0.349 e. The van der Waals surface area contributed by atoms with Crippen molar-refractivity contribution in [3.63, 3.8) is 0 Å². The van der Waals surface area contributed by atoms with E-state index in [4.69, 9.17) is 5.73 Å². The lowest BCUT2D eigenvalue weighted by Crippen LogP contribution is -2.45. The second-order valence-electron chi connectivity index (χ2n) is 5.06. The number of hydrogen-bond donors (Lipinski definition) is 1. The summed E-state index contributed by atoms with van der Waals surface area (Å²) in [6.45, 7) is 8.96. The lowest BCUT2D eigenvalue weighted by molar-refractivity contribution is 0.150. The van der Waals surface area contributed by atoms with Crippen LogP contribution in [0, 0.1) is 0 Å². The number of nitrogens with zero attached hydrogens (tertiary/aromatic N) is 3. The Hall–Kier alpha value is -0.840. The molecule has 0 saturated carbocycles. The summed E-state index contributed by atoms with van der Waals surface area (Å²) >= 11 is 0. The van der Waals surface area contributed by atoms with E-state index in [0.29, 0.717) is 0 Å². The Kier molecular flexibility index (Phi) is 4.20. The Morgan fingerprint density at radius 2 is 1.94 bits per heavy atom. The average Bonchev–Trinajstić information content (AvgIpc) is 2.76. The Morgan fingerprint density at radius 3 is 2.59 bits per heavy atom. The molecule has 4 nitrogen and oxygen atoms in total. The molecular weight excluding hydrogens is 212 g/mol. The van der Waals surface area contributed by atoms with Crippen LogP contribution in [0.15, 0.2) is 18.3 Å². The first kappa shape index (κ1) is 12.6. The molecule has 0 aromatic carbocycles. The fourth-order valence-corrected chi connectivity index (χ4v) is 2.36. The van der Waals surface area contributed by atoms with Crippen molar-refractivity contribution in [3.8, 4) is 0 Å². The van der Waals surface area contributed by atoms with Crippen molar-refractivity contribution in [1.82, 2.24) is 14.4 Å². The van der Waals surface area contributed by atoms with Gasteiger partial charge in [-0.2, -0.15) is 0 Å². The number of piperazine rings is 1. The highest BCUT2D eigenvalue weighted by Crippen LogP contribution is 2.11. The second-order valence-corrected chi connectivity index (χ2v) is 5.06. The fraction of sp³-hybridized carbons (Fsp3) is 0.692. The van der Waals surface area contributed by atoms with Gasteiger partial charge in [0, 0.05) is 57.2 Å². The average molecular weight is 236 g/mol. The van der Waals surface area contributed by atoms with Crippen LogP contribution in [0.2, 0.25) is 0 Å². The maximum absolute atomic E-state index is 5.94. The zero-order valence-corrected chi connectivity index (χ0v) is 11.0. The van der Waals surface area contributed by atoms with Gasteiger partial charge >= 0.3 is 0 Å². The number of rotatable bonds is 4. The number of hydrogen-bond acceptors (Lipinski definition) is 3.